The van der Waals surface area contributed by atoms with Gasteiger partial charge in [-0.05, 0) is 12.8 Å². The highest BCUT2D eigenvalue weighted by molar-refractivity contribution is 5.70. The molecule has 124 valence electrons. The SMILES string of the molecule is CCCC(=O)OCC(COC(CO)CO)OC(=O)CCC. The topological polar surface area (TPSA) is 102 Å². The molecule has 1 atom stereocenters. The number of carbonyl (C=O) groups is 2. The second kappa shape index (κ2) is 12.6. The van der Waals surface area contributed by atoms with Crippen molar-refractivity contribution in [1.82, 2.24) is 0 Å². The molecule has 0 rings (SSSR count). The van der Waals surface area contributed by atoms with Crippen molar-refractivity contribution in [3.63, 3.8) is 0 Å². The minimum Gasteiger partial charge on any atom is -0.462 e. The van der Waals surface area contributed by atoms with Crippen LogP contribution >= 0.6 is 0 Å². The summed E-state index contributed by atoms with van der Waals surface area (Å²) < 4.78 is 15.4. The third kappa shape index (κ3) is 10.2. The number of carbonyl (C=O) groups excluding carboxylic acids is 2. The van der Waals surface area contributed by atoms with Gasteiger partial charge < -0.3 is 24.4 Å². The first kappa shape index (κ1) is 19.8. The molecule has 0 heterocycles. The molecule has 0 aromatic heterocycles. The Morgan fingerprint density at radius 1 is 0.905 bits per heavy atom. The van der Waals surface area contributed by atoms with E-state index < -0.39 is 18.2 Å². The summed E-state index contributed by atoms with van der Waals surface area (Å²) in [4.78, 5) is 22.8. The summed E-state index contributed by atoms with van der Waals surface area (Å²) >= 11 is 0. The summed E-state index contributed by atoms with van der Waals surface area (Å²) in [5.74, 6) is -0.767. The van der Waals surface area contributed by atoms with E-state index in [1.165, 1.54) is 0 Å². The molecule has 0 aliphatic rings. The summed E-state index contributed by atoms with van der Waals surface area (Å²) in [6, 6.07) is 0. The Kier molecular flexibility index (Phi) is 11.8. The van der Waals surface area contributed by atoms with Crippen LogP contribution in [-0.4, -0.2) is 60.8 Å². The molecule has 0 aliphatic heterocycles. The van der Waals surface area contributed by atoms with Gasteiger partial charge in [-0.2, -0.15) is 0 Å². The summed E-state index contributed by atoms with van der Waals surface area (Å²) in [7, 11) is 0. The predicted octanol–water partition coefficient (Wildman–Crippen LogP) is 0.411. The van der Waals surface area contributed by atoms with Crippen LogP contribution in [0.4, 0.5) is 0 Å². The van der Waals surface area contributed by atoms with Crippen LogP contribution in [0.2, 0.25) is 0 Å². The first-order chi connectivity index (χ1) is 10.1. The maximum absolute atomic E-state index is 11.5. The normalized spacial score (nSPS) is 12.2. The highest BCUT2D eigenvalue weighted by atomic mass is 16.6. The van der Waals surface area contributed by atoms with E-state index in [1.54, 1.807) is 0 Å². The maximum Gasteiger partial charge on any atom is 0.306 e. The second-order valence-electron chi connectivity index (χ2n) is 4.62. The van der Waals surface area contributed by atoms with Crippen molar-refractivity contribution in [2.45, 2.75) is 51.7 Å². The molecule has 1 unspecified atom stereocenters. The number of rotatable bonds is 12. The van der Waals surface area contributed by atoms with Crippen LogP contribution in [0.3, 0.4) is 0 Å². The molecule has 0 saturated carbocycles. The van der Waals surface area contributed by atoms with Crippen molar-refractivity contribution in [2.24, 2.45) is 0 Å². The summed E-state index contributed by atoms with van der Waals surface area (Å²) in [6.45, 7) is 2.86. The molecule has 21 heavy (non-hydrogen) atoms. The lowest BCUT2D eigenvalue weighted by Crippen LogP contribution is -2.33. The molecule has 0 aromatic rings. The quantitative estimate of drug-likeness (QED) is 0.503. The zero-order valence-electron chi connectivity index (χ0n) is 12.7. The fraction of sp³-hybridized carbons (Fsp3) is 0.857. The van der Waals surface area contributed by atoms with Gasteiger partial charge in [0.25, 0.3) is 0 Å². The minimum atomic E-state index is -0.747. The van der Waals surface area contributed by atoms with Gasteiger partial charge in [0, 0.05) is 12.8 Å². The Morgan fingerprint density at radius 2 is 1.48 bits per heavy atom. The van der Waals surface area contributed by atoms with Gasteiger partial charge in [-0.25, -0.2) is 0 Å². The van der Waals surface area contributed by atoms with Gasteiger partial charge in [0.1, 0.15) is 12.7 Å². The summed E-state index contributed by atoms with van der Waals surface area (Å²) in [6.07, 6.45) is 0.397. The molecule has 0 amide bonds. The fourth-order valence-electron chi connectivity index (χ4n) is 1.43. The molecular formula is C14H26O7. The third-order valence-corrected chi connectivity index (χ3v) is 2.56. The standard InChI is InChI=1S/C14H26O7/c1-3-5-13(17)20-10-12(21-14(18)6-4-2)9-19-11(7-15)8-16/h11-12,15-16H,3-10H2,1-2H3. The molecule has 7 heteroatoms. The lowest BCUT2D eigenvalue weighted by Gasteiger charge is -2.20. The highest BCUT2D eigenvalue weighted by Crippen LogP contribution is 2.03. The van der Waals surface area contributed by atoms with Crippen molar-refractivity contribution >= 4 is 11.9 Å². The van der Waals surface area contributed by atoms with Crippen LogP contribution in [-0.2, 0) is 23.8 Å². The van der Waals surface area contributed by atoms with Crippen LogP contribution < -0.4 is 0 Å². The Labute approximate surface area is 125 Å². The number of hydrogen-bond acceptors (Lipinski definition) is 7. The Morgan fingerprint density at radius 3 is 2.00 bits per heavy atom. The number of aliphatic hydroxyl groups is 2. The van der Waals surface area contributed by atoms with Crippen molar-refractivity contribution < 1.29 is 34.0 Å². The van der Waals surface area contributed by atoms with Crippen molar-refractivity contribution in [3.8, 4) is 0 Å². The van der Waals surface area contributed by atoms with Crippen LogP contribution in [0.5, 0.6) is 0 Å². The van der Waals surface area contributed by atoms with E-state index >= 15 is 0 Å². The lowest BCUT2D eigenvalue weighted by atomic mass is 10.3. The van der Waals surface area contributed by atoms with E-state index in [2.05, 4.69) is 0 Å². The van der Waals surface area contributed by atoms with Crippen molar-refractivity contribution in [1.29, 1.82) is 0 Å². The Bertz CT molecular complexity index is 289. The first-order valence-electron chi connectivity index (χ1n) is 7.25. The largest absolute Gasteiger partial charge is 0.462 e. The van der Waals surface area contributed by atoms with E-state index in [9.17, 15) is 9.59 Å². The van der Waals surface area contributed by atoms with Crippen molar-refractivity contribution in [3.05, 3.63) is 0 Å². The molecule has 0 radical (unpaired) electrons. The van der Waals surface area contributed by atoms with Crippen LogP contribution in [0.25, 0.3) is 0 Å². The predicted molar refractivity (Wildman–Crippen MR) is 74.6 cm³/mol. The molecular weight excluding hydrogens is 280 g/mol. The van der Waals surface area contributed by atoms with Gasteiger partial charge in [-0.1, -0.05) is 13.8 Å². The van der Waals surface area contributed by atoms with Gasteiger partial charge in [0.2, 0.25) is 0 Å². The second-order valence-corrected chi connectivity index (χ2v) is 4.62. The molecule has 0 spiro atoms. The van der Waals surface area contributed by atoms with Crippen LogP contribution in [0.1, 0.15) is 39.5 Å². The number of esters is 2. The summed E-state index contributed by atoms with van der Waals surface area (Å²) in [5.41, 5.74) is 0. The monoisotopic (exact) mass is 306 g/mol. The van der Waals surface area contributed by atoms with Crippen LogP contribution in [0.15, 0.2) is 0 Å². The lowest BCUT2D eigenvalue weighted by molar-refractivity contribution is -0.165. The minimum absolute atomic E-state index is 0.0549. The zero-order chi connectivity index (χ0) is 16.1. The van der Waals surface area contributed by atoms with E-state index in [0.717, 1.165) is 0 Å². The molecule has 7 nitrogen and oxygen atoms in total. The van der Waals surface area contributed by atoms with Crippen LogP contribution in [0, 0.1) is 0 Å². The smallest absolute Gasteiger partial charge is 0.306 e. The first-order valence-corrected chi connectivity index (χ1v) is 7.25. The van der Waals surface area contributed by atoms with Gasteiger partial charge in [-0.3, -0.25) is 9.59 Å². The fourth-order valence-corrected chi connectivity index (χ4v) is 1.43. The van der Waals surface area contributed by atoms with Gasteiger partial charge in [0.15, 0.2) is 6.10 Å². The number of aliphatic hydroxyl groups excluding tert-OH is 2. The van der Waals surface area contributed by atoms with E-state index in [0.29, 0.717) is 19.3 Å². The number of ether oxygens (including phenoxy) is 3. The highest BCUT2D eigenvalue weighted by Gasteiger charge is 2.19. The van der Waals surface area contributed by atoms with E-state index in [1.807, 2.05) is 13.8 Å². The third-order valence-electron chi connectivity index (χ3n) is 2.56. The average molecular weight is 306 g/mol. The van der Waals surface area contributed by atoms with Gasteiger partial charge in [0.05, 0.1) is 19.8 Å². The van der Waals surface area contributed by atoms with Gasteiger partial charge >= 0.3 is 11.9 Å². The molecule has 0 aromatic carbocycles. The molecule has 0 saturated heterocycles. The molecule has 2 N–H and O–H groups in total. The summed E-state index contributed by atoms with van der Waals surface area (Å²) in [5, 5.41) is 17.8. The van der Waals surface area contributed by atoms with Crippen molar-refractivity contribution in [2.75, 3.05) is 26.4 Å². The van der Waals surface area contributed by atoms with Gasteiger partial charge in [-0.15, -0.1) is 0 Å². The van der Waals surface area contributed by atoms with E-state index in [4.69, 9.17) is 24.4 Å². The molecule has 0 fully saturated rings. The zero-order valence-corrected chi connectivity index (χ0v) is 12.7. The average Bonchev–Trinajstić information content (AvgIpc) is 2.46. The molecule has 0 bridgehead atoms. The van der Waals surface area contributed by atoms with E-state index in [-0.39, 0.29) is 38.8 Å². The Balaban J connectivity index is 4.32. The molecule has 0 aliphatic carbocycles. The Hall–Kier alpha value is -1.18. The maximum atomic E-state index is 11.5. The number of hydrogen-bond donors (Lipinski definition) is 2.